The maximum atomic E-state index is 11.0. The summed E-state index contributed by atoms with van der Waals surface area (Å²) in [5.74, 6) is 0.0781. The maximum absolute atomic E-state index is 11.0. The number of hydrogen-bond acceptors (Lipinski definition) is 4. The highest BCUT2D eigenvalue weighted by atomic mass is 127. The van der Waals surface area contributed by atoms with E-state index in [-0.39, 0.29) is 12.2 Å². The monoisotopic (exact) mass is 579 g/mol. The van der Waals surface area contributed by atoms with Crippen LogP contribution in [0.3, 0.4) is 0 Å². The molecule has 0 aliphatic heterocycles. The Bertz CT molecular complexity index is 1230. The second kappa shape index (κ2) is 10.7. The SMILES string of the molecule is COc1cc(/C=C(\C#N)c2ccc(Cl)cc2Cl)cc(I)c1OCc1ccc(C(=O)O)cc1. The van der Waals surface area contributed by atoms with E-state index in [2.05, 4.69) is 28.7 Å². The third-order valence-electron chi connectivity index (χ3n) is 4.49. The van der Waals surface area contributed by atoms with Gasteiger partial charge in [-0.05, 0) is 76.2 Å². The van der Waals surface area contributed by atoms with Crippen molar-refractivity contribution in [1.82, 2.24) is 0 Å². The number of allylic oxidation sites excluding steroid dienone is 1. The predicted molar refractivity (Wildman–Crippen MR) is 133 cm³/mol. The van der Waals surface area contributed by atoms with Gasteiger partial charge in [0.15, 0.2) is 11.5 Å². The van der Waals surface area contributed by atoms with Gasteiger partial charge in [0.05, 0.1) is 32.9 Å². The third kappa shape index (κ3) is 5.74. The number of nitrogens with zero attached hydrogens (tertiary/aromatic N) is 1. The zero-order valence-corrected chi connectivity index (χ0v) is 20.4. The number of hydrogen-bond donors (Lipinski definition) is 1. The van der Waals surface area contributed by atoms with Crippen LogP contribution in [0.1, 0.15) is 27.0 Å². The number of methoxy groups -OCH3 is 1. The summed E-state index contributed by atoms with van der Waals surface area (Å²) in [7, 11) is 1.54. The van der Waals surface area contributed by atoms with Crippen LogP contribution in [0.15, 0.2) is 54.6 Å². The average Bonchev–Trinajstić information content (AvgIpc) is 2.77. The molecular formula is C24H16Cl2INO4. The molecule has 1 N–H and O–H groups in total. The highest BCUT2D eigenvalue weighted by Crippen LogP contribution is 2.36. The standard InChI is InChI=1S/C24H16Cl2INO4/c1-31-22-10-15(8-17(12-28)19-7-6-18(25)11-20(19)26)9-21(27)23(22)32-13-14-2-4-16(5-3-14)24(29)30/h2-11H,13H2,1H3,(H,29,30)/b17-8+. The minimum absolute atomic E-state index is 0.214. The highest BCUT2D eigenvalue weighted by Gasteiger charge is 2.14. The lowest BCUT2D eigenvalue weighted by Gasteiger charge is -2.14. The second-order valence-electron chi connectivity index (χ2n) is 6.62. The van der Waals surface area contributed by atoms with E-state index in [1.54, 1.807) is 42.5 Å². The number of aromatic carboxylic acids is 1. The summed E-state index contributed by atoms with van der Waals surface area (Å²) in [6, 6.07) is 17.3. The molecule has 5 nitrogen and oxygen atoms in total. The molecule has 32 heavy (non-hydrogen) atoms. The first kappa shape index (κ1) is 23.9. The first-order valence-electron chi connectivity index (χ1n) is 9.22. The average molecular weight is 580 g/mol. The van der Waals surface area contributed by atoms with E-state index in [0.29, 0.717) is 32.7 Å². The fraction of sp³-hybridized carbons (Fsp3) is 0.0833. The minimum atomic E-state index is -0.978. The van der Waals surface area contributed by atoms with Gasteiger partial charge in [-0.3, -0.25) is 0 Å². The lowest BCUT2D eigenvalue weighted by atomic mass is 10.0. The molecule has 0 fully saturated rings. The van der Waals surface area contributed by atoms with Crippen molar-refractivity contribution >= 4 is 63.4 Å². The van der Waals surface area contributed by atoms with Crippen LogP contribution in [0.4, 0.5) is 0 Å². The topological polar surface area (TPSA) is 79.5 Å². The number of halogens is 3. The fourth-order valence-electron chi connectivity index (χ4n) is 2.91. The lowest BCUT2D eigenvalue weighted by Crippen LogP contribution is -2.01. The summed E-state index contributed by atoms with van der Waals surface area (Å²) in [5.41, 5.74) is 2.74. The molecule has 0 aliphatic rings. The van der Waals surface area contributed by atoms with Crippen LogP contribution in [0.2, 0.25) is 10.0 Å². The van der Waals surface area contributed by atoms with Crippen molar-refractivity contribution in [3.8, 4) is 17.6 Å². The van der Waals surface area contributed by atoms with Crippen LogP contribution >= 0.6 is 45.8 Å². The van der Waals surface area contributed by atoms with Gasteiger partial charge in [-0.15, -0.1) is 0 Å². The molecule has 0 saturated carbocycles. The zero-order valence-electron chi connectivity index (χ0n) is 16.7. The van der Waals surface area contributed by atoms with Gasteiger partial charge in [-0.25, -0.2) is 4.79 Å². The van der Waals surface area contributed by atoms with Crippen molar-refractivity contribution < 1.29 is 19.4 Å². The first-order chi connectivity index (χ1) is 15.3. The summed E-state index contributed by atoms with van der Waals surface area (Å²) < 4.78 is 12.2. The van der Waals surface area contributed by atoms with Gasteiger partial charge in [0.25, 0.3) is 0 Å². The number of ether oxygens (including phenoxy) is 2. The van der Waals surface area contributed by atoms with Crippen molar-refractivity contribution in [3.63, 3.8) is 0 Å². The minimum Gasteiger partial charge on any atom is -0.493 e. The van der Waals surface area contributed by atoms with Crippen LogP contribution in [-0.2, 0) is 6.61 Å². The van der Waals surface area contributed by atoms with Gasteiger partial charge < -0.3 is 14.6 Å². The van der Waals surface area contributed by atoms with E-state index < -0.39 is 5.97 Å². The third-order valence-corrected chi connectivity index (χ3v) is 5.84. The summed E-state index contributed by atoms with van der Waals surface area (Å²) >= 11 is 14.3. The number of carboxylic acid groups (broad SMARTS) is 1. The maximum Gasteiger partial charge on any atom is 0.335 e. The van der Waals surface area contributed by atoms with E-state index in [1.807, 2.05) is 6.07 Å². The molecule has 0 saturated heterocycles. The predicted octanol–water partition coefficient (Wildman–Crippen LogP) is 6.95. The molecule has 3 aromatic carbocycles. The summed E-state index contributed by atoms with van der Waals surface area (Å²) in [4.78, 5) is 11.0. The number of rotatable bonds is 7. The Labute approximate surface area is 208 Å². The quantitative estimate of drug-likeness (QED) is 0.186. The normalized spacial score (nSPS) is 11.0. The fourth-order valence-corrected chi connectivity index (χ4v) is 4.20. The van der Waals surface area contributed by atoms with E-state index in [4.69, 9.17) is 37.8 Å². The number of nitriles is 1. The van der Waals surface area contributed by atoms with E-state index >= 15 is 0 Å². The summed E-state index contributed by atoms with van der Waals surface area (Å²) in [5, 5.41) is 19.5. The molecule has 3 rings (SSSR count). The van der Waals surface area contributed by atoms with E-state index in [1.165, 1.54) is 19.2 Å². The molecule has 0 aromatic heterocycles. The largest absolute Gasteiger partial charge is 0.493 e. The van der Waals surface area contributed by atoms with Crippen LogP contribution in [0, 0.1) is 14.9 Å². The zero-order chi connectivity index (χ0) is 23.3. The van der Waals surface area contributed by atoms with Crippen molar-refractivity contribution in [2.75, 3.05) is 7.11 Å². The number of carbonyl (C=O) groups is 1. The Morgan fingerprint density at radius 3 is 2.47 bits per heavy atom. The van der Waals surface area contributed by atoms with Gasteiger partial charge in [-0.2, -0.15) is 5.26 Å². The molecule has 3 aromatic rings. The Kier molecular flexibility index (Phi) is 8.02. The summed E-state index contributed by atoms with van der Waals surface area (Å²) in [6.07, 6.45) is 1.72. The molecule has 0 radical (unpaired) electrons. The van der Waals surface area contributed by atoms with Gasteiger partial charge >= 0.3 is 5.97 Å². The molecule has 0 unspecified atom stereocenters. The van der Waals surface area contributed by atoms with E-state index in [9.17, 15) is 10.1 Å². The van der Waals surface area contributed by atoms with Gasteiger partial charge in [-0.1, -0.05) is 41.4 Å². The van der Waals surface area contributed by atoms with E-state index in [0.717, 1.165) is 14.7 Å². The van der Waals surface area contributed by atoms with Gasteiger partial charge in [0.2, 0.25) is 0 Å². The van der Waals surface area contributed by atoms with Crippen molar-refractivity contribution in [3.05, 3.63) is 90.5 Å². The van der Waals surface area contributed by atoms with Gasteiger partial charge in [0, 0.05) is 10.6 Å². The molecule has 0 bridgehead atoms. The smallest absolute Gasteiger partial charge is 0.335 e. The van der Waals surface area contributed by atoms with Crippen molar-refractivity contribution in [2.24, 2.45) is 0 Å². The molecule has 0 amide bonds. The highest BCUT2D eigenvalue weighted by molar-refractivity contribution is 14.1. The van der Waals surface area contributed by atoms with Crippen LogP contribution in [-0.4, -0.2) is 18.2 Å². The van der Waals surface area contributed by atoms with Crippen molar-refractivity contribution in [1.29, 1.82) is 5.26 Å². The summed E-state index contributed by atoms with van der Waals surface area (Å²) in [6.45, 7) is 0.241. The molecule has 0 spiro atoms. The Balaban J connectivity index is 1.87. The van der Waals surface area contributed by atoms with Gasteiger partial charge in [0.1, 0.15) is 6.61 Å². The number of carboxylic acids is 1. The van der Waals surface area contributed by atoms with Crippen molar-refractivity contribution in [2.45, 2.75) is 6.61 Å². The Morgan fingerprint density at radius 1 is 1.16 bits per heavy atom. The second-order valence-corrected chi connectivity index (χ2v) is 8.62. The Hall–Kier alpha value is -2.73. The molecule has 8 heteroatoms. The van der Waals surface area contributed by atoms with Crippen LogP contribution in [0.5, 0.6) is 11.5 Å². The molecular weight excluding hydrogens is 564 g/mol. The molecule has 0 aliphatic carbocycles. The van der Waals surface area contributed by atoms with Crippen LogP contribution in [0.25, 0.3) is 11.6 Å². The number of benzene rings is 3. The lowest BCUT2D eigenvalue weighted by molar-refractivity contribution is 0.0697. The Morgan fingerprint density at radius 2 is 1.88 bits per heavy atom. The molecule has 0 atom stereocenters. The first-order valence-corrected chi connectivity index (χ1v) is 11.1. The molecule has 162 valence electrons. The van der Waals surface area contributed by atoms with Crippen LogP contribution < -0.4 is 9.47 Å². The molecule has 0 heterocycles.